The Kier molecular flexibility index (Phi) is 5.56. The summed E-state index contributed by atoms with van der Waals surface area (Å²) in [6.07, 6.45) is 5.18. The van der Waals surface area contributed by atoms with E-state index in [0.717, 1.165) is 42.9 Å². The minimum absolute atomic E-state index is 0.0215. The summed E-state index contributed by atoms with van der Waals surface area (Å²) < 4.78 is 11.7. The van der Waals surface area contributed by atoms with Gasteiger partial charge in [0.2, 0.25) is 0 Å². The van der Waals surface area contributed by atoms with Crippen LogP contribution in [0.15, 0.2) is 36.4 Å². The molecule has 4 rings (SSSR count). The Labute approximate surface area is 167 Å². The van der Waals surface area contributed by atoms with Crippen molar-refractivity contribution in [2.45, 2.75) is 52.0 Å². The summed E-state index contributed by atoms with van der Waals surface area (Å²) in [4.78, 5) is 15.1. The van der Waals surface area contributed by atoms with E-state index in [9.17, 15) is 4.79 Å². The summed E-state index contributed by atoms with van der Waals surface area (Å²) in [5, 5.41) is 0. The van der Waals surface area contributed by atoms with Gasteiger partial charge < -0.3 is 14.4 Å². The molecule has 0 saturated heterocycles. The molecule has 0 bridgehead atoms. The first kappa shape index (κ1) is 18.9. The molecule has 2 aliphatic heterocycles. The largest absolute Gasteiger partial charge is 0.490 e. The highest BCUT2D eigenvalue weighted by molar-refractivity contribution is 5.94. The van der Waals surface area contributed by atoms with E-state index in [-0.39, 0.29) is 11.9 Å². The van der Waals surface area contributed by atoms with E-state index >= 15 is 0 Å². The molecule has 148 valence electrons. The lowest BCUT2D eigenvalue weighted by Gasteiger charge is -2.36. The van der Waals surface area contributed by atoms with Crippen LogP contribution < -0.4 is 9.47 Å². The van der Waals surface area contributed by atoms with Crippen molar-refractivity contribution >= 4 is 5.91 Å². The molecule has 1 amide bonds. The van der Waals surface area contributed by atoms with Crippen LogP contribution in [0, 0.1) is 0 Å². The smallest absolute Gasteiger partial charge is 0.254 e. The van der Waals surface area contributed by atoms with E-state index in [2.05, 4.69) is 38.1 Å². The van der Waals surface area contributed by atoms with Gasteiger partial charge in [0.1, 0.15) is 0 Å². The fourth-order valence-electron chi connectivity index (χ4n) is 4.11. The number of hydrogen-bond donors (Lipinski definition) is 0. The fraction of sp³-hybridized carbons (Fsp3) is 0.458. The summed E-state index contributed by atoms with van der Waals surface area (Å²) in [7, 11) is 0. The van der Waals surface area contributed by atoms with Crippen molar-refractivity contribution in [3.8, 4) is 11.5 Å². The number of carbonyl (C=O) groups excluding carboxylic acids is 1. The number of aryl methyl sites for hydroxylation is 1. The Morgan fingerprint density at radius 3 is 2.54 bits per heavy atom. The summed E-state index contributed by atoms with van der Waals surface area (Å²) in [6.45, 7) is 6.40. The first-order valence-electron chi connectivity index (χ1n) is 10.5. The first-order valence-corrected chi connectivity index (χ1v) is 10.5. The van der Waals surface area contributed by atoms with Crippen LogP contribution in [-0.4, -0.2) is 30.6 Å². The molecule has 0 fully saturated rings. The number of nitrogens with zero attached hydrogens (tertiary/aromatic N) is 1. The van der Waals surface area contributed by atoms with Gasteiger partial charge in [-0.15, -0.1) is 0 Å². The number of rotatable bonds is 4. The molecular weight excluding hydrogens is 350 g/mol. The van der Waals surface area contributed by atoms with Crippen molar-refractivity contribution in [1.29, 1.82) is 0 Å². The van der Waals surface area contributed by atoms with Gasteiger partial charge in [-0.3, -0.25) is 4.79 Å². The molecule has 2 aromatic rings. The van der Waals surface area contributed by atoms with E-state index in [1.165, 1.54) is 29.5 Å². The normalized spacial score (nSPS) is 18.4. The van der Waals surface area contributed by atoms with Crippen molar-refractivity contribution in [2.24, 2.45) is 0 Å². The van der Waals surface area contributed by atoms with E-state index in [4.69, 9.17) is 9.47 Å². The summed E-state index contributed by atoms with van der Waals surface area (Å²) in [6, 6.07) is 12.3. The lowest BCUT2D eigenvalue weighted by Crippen LogP contribution is -2.38. The molecule has 0 saturated carbocycles. The maximum atomic E-state index is 13.2. The highest BCUT2D eigenvalue weighted by atomic mass is 16.5. The van der Waals surface area contributed by atoms with Crippen molar-refractivity contribution < 1.29 is 14.3 Å². The molecule has 0 spiro atoms. The quantitative estimate of drug-likeness (QED) is 0.754. The molecule has 28 heavy (non-hydrogen) atoms. The third-order valence-electron chi connectivity index (χ3n) is 5.83. The van der Waals surface area contributed by atoms with Crippen LogP contribution in [-0.2, 0) is 12.8 Å². The molecule has 2 heterocycles. The SMILES string of the molecule is CCCCc1ccc(C(=O)N2CCc3cc4c(cc3[C@H]2C)OCCCO4)cc1. The van der Waals surface area contributed by atoms with Gasteiger partial charge in [-0.05, 0) is 67.1 Å². The number of unbranched alkanes of at least 4 members (excludes halogenated alkanes) is 1. The van der Waals surface area contributed by atoms with Crippen LogP contribution in [0.4, 0.5) is 0 Å². The zero-order valence-corrected chi connectivity index (χ0v) is 16.9. The van der Waals surface area contributed by atoms with Gasteiger partial charge in [0.15, 0.2) is 11.5 Å². The zero-order valence-electron chi connectivity index (χ0n) is 16.9. The topological polar surface area (TPSA) is 38.8 Å². The van der Waals surface area contributed by atoms with Crippen molar-refractivity contribution in [2.75, 3.05) is 19.8 Å². The van der Waals surface area contributed by atoms with Crippen LogP contribution in [0.3, 0.4) is 0 Å². The summed E-state index contributed by atoms with van der Waals surface area (Å²) in [5.41, 5.74) is 4.50. The Bertz CT molecular complexity index is 844. The minimum atomic E-state index is 0.0215. The molecule has 2 aromatic carbocycles. The number of fused-ring (bicyclic) bond motifs is 2. The van der Waals surface area contributed by atoms with E-state index in [0.29, 0.717) is 13.2 Å². The Balaban J connectivity index is 1.54. The number of benzene rings is 2. The minimum Gasteiger partial charge on any atom is -0.490 e. The number of hydrogen-bond acceptors (Lipinski definition) is 3. The van der Waals surface area contributed by atoms with Gasteiger partial charge in [0.05, 0.1) is 19.3 Å². The first-order chi connectivity index (χ1) is 13.7. The lowest BCUT2D eigenvalue weighted by atomic mass is 9.92. The van der Waals surface area contributed by atoms with Crippen molar-refractivity contribution in [3.63, 3.8) is 0 Å². The van der Waals surface area contributed by atoms with Gasteiger partial charge in [-0.1, -0.05) is 25.5 Å². The van der Waals surface area contributed by atoms with Crippen LogP contribution in [0.2, 0.25) is 0 Å². The van der Waals surface area contributed by atoms with Crippen LogP contribution in [0.1, 0.15) is 66.2 Å². The van der Waals surface area contributed by atoms with Crippen LogP contribution >= 0.6 is 0 Å². The Morgan fingerprint density at radius 1 is 1.11 bits per heavy atom. The molecule has 2 aliphatic rings. The van der Waals surface area contributed by atoms with Gasteiger partial charge in [-0.25, -0.2) is 0 Å². The average Bonchev–Trinajstić information content (AvgIpc) is 2.96. The van der Waals surface area contributed by atoms with Gasteiger partial charge >= 0.3 is 0 Å². The second-order valence-electron chi connectivity index (χ2n) is 7.77. The summed E-state index contributed by atoms with van der Waals surface area (Å²) in [5.74, 6) is 1.75. The van der Waals surface area contributed by atoms with Crippen molar-refractivity contribution in [3.05, 3.63) is 58.7 Å². The highest BCUT2D eigenvalue weighted by Crippen LogP contribution is 2.39. The van der Waals surface area contributed by atoms with E-state index in [1.807, 2.05) is 17.0 Å². The standard InChI is InChI=1S/C24H29NO3/c1-3-4-6-18-7-9-19(10-8-18)24(26)25-12-11-20-15-22-23(16-21(20)17(25)2)28-14-5-13-27-22/h7-10,15-17H,3-6,11-14H2,1-2H3/t17-/m1/s1. The second kappa shape index (κ2) is 8.26. The fourth-order valence-corrected chi connectivity index (χ4v) is 4.11. The zero-order chi connectivity index (χ0) is 19.5. The van der Waals surface area contributed by atoms with Crippen molar-refractivity contribution in [1.82, 2.24) is 4.90 Å². The average molecular weight is 380 g/mol. The number of amides is 1. The Hall–Kier alpha value is -2.49. The number of carbonyl (C=O) groups is 1. The maximum Gasteiger partial charge on any atom is 0.254 e. The maximum absolute atomic E-state index is 13.2. The molecule has 0 aromatic heterocycles. The van der Waals surface area contributed by atoms with Gasteiger partial charge in [-0.2, -0.15) is 0 Å². The third kappa shape index (κ3) is 3.73. The molecule has 0 N–H and O–H groups in total. The lowest BCUT2D eigenvalue weighted by molar-refractivity contribution is 0.0677. The monoisotopic (exact) mass is 379 g/mol. The van der Waals surface area contributed by atoms with Gasteiger partial charge in [0, 0.05) is 18.5 Å². The Morgan fingerprint density at radius 2 is 1.82 bits per heavy atom. The molecule has 4 heteroatoms. The molecule has 0 aliphatic carbocycles. The summed E-state index contributed by atoms with van der Waals surface area (Å²) >= 11 is 0. The predicted molar refractivity (Wildman–Crippen MR) is 110 cm³/mol. The highest BCUT2D eigenvalue weighted by Gasteiger charge is 2.30. The van der Waals surface area contributed by atoms with E-state index in [1.54, 1.807) is 0 Å². The van der Waals surface area contributed by atoms with E-state index < -0.39 is 0 Å². The predicted octanol–water partition coefficient (Wildman–Crippen LogP) is 4.95. The molecule has 4 nitrogen and oxygen atoms in total. The number of ether oxygens (including phenoxy) is 2. The second-order valence-corrected chi connectivity index (χ2v) is 7.77. The molecule has 1 atom stereocenters. The van der Waals surface area contributed by atoms with Crippen LogP contribution in [0.5, 0.6) is 11.5 Å². The molecular formula is C24H29NO3. The molecule has 0 radical (unpaired) electrons. The van der Waals surface area contributed by atoms with Gasteiger partial charge in [0.25, 0.3) is 5.91 Å². The van der Waals surface area contributed by atoms with Crippen LogP contribution in [0.25, 0.3) is 0 Å². The third-order valence-corrected chi connectivity index (χ3v) is 5.83. The molecule has 0 unspecified atom stereocenters.